The number of hydrazine groups is 1. The van der Waals surface area contributed by atoms with Gasteiger partial charge in [0.2, 0.25) is 5.91 Å². The summed E-state index contributed by atoms with van der Waals surface area (Å²) in [6.07, 6.45) is 0. The van der Waals surface area contributed by atoms with Gasteiger partial charge in [-0.3, -0.25) is 15.0 Å². The van der Waals surface area contributed by atoms with Crippen molar-refractivity contribution in [3.8, 4) is 0 Å². The van der Waals surface area contributed by atoms with Gasteiger partial charge in [-0.15, -0.1) is 11.8 Å². The van der Waals surface area contributed by atoms with Crippen molar-refractivity contribution in [1.82, 2.24) is 15.3 Å². The van der Waals surface area contributed by atoms with Crippen LogP contribution >= 0.6 is 11.8 Å². The maximum Gasteiger partial charge on any atom is 0.257 e. The molecule has 2 aliphatic heterocycles. The number of nitrogens with one attached hydrogen (secondary N) is 1. The molecule has 0 unspecified atom stereocenters. The molecule has 2 amide bonds. The third-order valence-electron chi connectivity index (χ3n) is 4.03. The van der Waals surface area contributed by atoms with Gasteiger partial charge in [0.1, 0.15) is 11.4 Å². The van der Waals surface area contributed by atoms with Crippen molar-refractivity contribution >= 4 is 23.6 Å². The van der Waals surface area contributed by atoms with E-state index in [1.807, 2.05) is 35.3 Å². The molecule has 0 spiro atoms. The molecular weight excluding hydrogens is 314 g/mol. The topological polar surface area (TPSA) is 61.9 Å². The van der Waals surface area contributed by atoms with Crippen molar-refractivity contribution in [3.63, 3.8) is 0 Å². The van der Waals surface area contributed by atoms with Gasteiger partial charge in [-0.2, -0.15) is 0 Å². The van der Waals surface area contributed by atoms with E-state index in [4.69, 9.17) is 4.74 Å². The lowest BCUT2D eigenvalue weighted by atomic mass is 10.1. The van der Waals surface area contributed by atoms with Crippen LogP contribution in [-0.4, -0.2) is 59.8 Å². The van der Waals surface area contributed by atoms with Crippen LogP contribution in [0.2, 0.25) is 0 Å². The fourth-order valence-corrected chi connectivity index (χ4v) is 4.36. The summed E-state index contributed by atoms with van der Waals surface area (Å²) in [5.74, 6) is 0.411. The highest BCUT2D eigenvalue weighted by molar-refractivity contribution is 7.99. The maximum absolute atomic E-state index is 12.6. The van der Waals surface area contributed by atoms with E-state index in [1.165, 1.54) is 6.92 Å². The number of carbonyl (C=O) groups excluding carboxylic acids is 2. The van der Waals surface area contributed by atoms with Crippen LogP contribution in [0, 0.1) is 0 Å². The molecule has 2 heterocycles. The summed E-state index contributed by atoms with van der Waals surface area (Å²) in [5, 5.41) is 1.76. The van der Waals surface area contributed by atoms with E-state index in [0.29, 0.717) is 32.1 Å². The molecule has 3 rings (SSSR count). The minimum absolute atomic E-state index is 0.0778. The van der Waals surface area contributed by atoms with Gasteiger partial charge < -0.3 is 9.64 Å². The monoisotopic (exact) mass is 335 g/mol. The van der Waals surface area contributed by atoms with E-state index < -0.39 is 6.04 Å². The van der Waals surface area contributed by atoms with Gasteiger partial charge in [0, 0.05) is 25.8 Å². The molecule has 2 fully saturated rings. The van der Waals surface area contributed by atoms with E-state index in [-0.39, 0.29) is 17.2 Å². The summed E-state index contributed by atoms with van der Waals surface area (Å²) in [6, 6.07) is 9.41. The molecule has 2 saturated heterocycles. The molecule has 0 radical (unpaired) electrons. The molecule has 124 valence electrons. The van der Waals surface area contributed by atoms with Crippen molar-refractivity contribution in [2.45, 2.75) is 18.3 Å². The SMILES string of the molecule is CC(=O)N1[C@@H](C(=O)NN2CCOCC2)CS[C@H]1c1ccccc1. The number of rotatable bonds is 3. The quantitative estimate of drug-likeness (QED) is 0.893. The Morgan fingerprint density at radius 2 is 1.91 bits per heavy atom. The smallest absolute Gasteiger partial charge is 0.257 e. The number of morpholine rings is 1. The second-order valence-electron chi connectivity index (χ2n) is 5.61. The zero-order chi connectivity index (χ0) is 16.2. The summed E-state index contributed by atoms with van der Waals surface area (Å²) in [6.45, 7) is 4.10. The van der Waals surface area contributed by atoms with Crippen LogP contribution in [0.4, 0.5) is 0 Å². The number of ether oxygens (including phenoxy) is 1. The summed E-state index contributed by atoms with van der Waals surface area (Å²) < 4.78 is 5.28. The normalized spacial score (nSPS) is 25.3. The van der Waals surface area contributed by atoms with Gasteiger partial charge in [0.25, 0.3) is 5.91 Å². The zero-order valence-electron chi connectivity index (χ0n) is 13.1. The van der Waals surface area contributed by atoms with Gasteiger partial charge in [-0.25, -0.2) is 5.01 Å². The van der Waals surface area contributed by atoms with Gasteiger partial charge in [0.15, 0.2) is 0 Å². The predicted octanol–water partition coefficient (Wildman–Crippen LogP) is 1.01. The molecule has 2 atom stereocenters. The number of hydrogen-bond acceptors (Lipinski definition) is 5. The van der Waals surface area contributed by atoms with Crippen LogP contribution in [0.3, 0.4) is 0 Å². The predicted molar refractivity (Wildman–Crippen MR) is 88.5 cm³/mol. The molecule has 6 nitrogen and oxygen atoms in total. The standard InChI is InChI=1S/C16H21N3O3S/c1-12(20)19-14(15(21)17-18-7-9-22-10-8-18)11-23-16(19)13-5-3-2-4-6-13/h2-6,14,16H,7-11H2,1H3,(H,17,21)/t14-,16+/m1/s1. The minimum Gasteiger partial charge on any atom is -0.379 e. The molecule has 2 aliphatic rings. The average Bonchev–Trinajstić information content (AvgIpc) is 3.02. The molecule has 1 aromatic rings. The summed E-state index contributed by atoms with van der Waals surface area (Å²) in [7, 11) is 0. The first kappa shape index (κ1) is 16.3. The molecule has 0 aromatic heterocycles. The van der Waals surface area contributed by atoms with Crippen LogP contribution < -0.4 is 5.43 Å². The Morgan fingerprint density at radius 3 is 2.57 bits per heavy atom. The Kier molecular flexibility index (Phi) is 5.20. The largest absolute Gasteiger partial charge is 0.379 e. The highest BCUT2D eigenvalue weighted by atomic mass is 32.2. The van der Waals surface area contributed by atoms with E-state index in [9.17, 15) is 9.59 Å². The maximum atomic E-state index is 12.6. The second kappa shape index (κ2) is 7.33. The Bertz CT molecular complexity index is 563. The minimum atomic E-state index is -0.439. The molecule has 1 aromatic carbocycles. The van der Waals surface area contributed by atoms with Crippen molar-refractivity contribution in [2.75, 3.05) is 32.1 Å². The summed E-state index contributed by atoms with van der Waals surface area (Å²) in [4.78, 5) is 26.4. The molecule has 23 heavy (non-hydrogen) atoms. The van der Waals surface area contributed by atoms with Crippen molar-refractivity contribution in [2.24, 2.45) is 0 Å². The molecule has 0 saturated carbocycles. The number of hydrogen-bond donors (Lipinski definition) is 1. The van der Waals surface area contributed by atoms with Gasteiger partial charge in [-0.1, -0.05) is 30.3 Å². The van der Waals surface area contributed by atoms with E-state index in [1.54, 1.807) is 16.7 Å². The molecule has 0 bridgehead atoms. The van der Waals surface area contributed by atoms with Crippen molar-refractivity contribution in [3.05, 3.63) is 35.9 Å². The Morgan fingerprint density at radius 1 is 1.22 bits per heavy atom. The first-order valence-corrected chi connectivity index (χ1v) is 8.80. The van der Waals surface area contributed by atoms with Crippen molar-refractivity contribution < 1.29 is 14.3 Å². The van der Waals surface area contributed by atoms with E-state index >= 15 is 0 Å². The lowest BCUT2D eigenvalue weighted by Crippen LogP contribution is -2.55. The average molecular weight is 335 g/mol. The Labute approximate surface area is 140 Å². The second-order valence-corrected chi connectivity index (χ2v) is 6.73. The lowest BCUT2D eigenvalue weighted by Gasteiger charge is -2.31. The highest BCUT2D eigenvalue weighted by Gasteiger charge is 2.41. The fraction of sp³-hybridized carbons (Fsp3) is 0.500. The fourth-order valence-electron chi connectivity index (χ4n) is 2.87. The third-order valence-corrected chi connectivity index (χ3v) is 5.35. The number of amides is 2. The molecular formula is C16H21N3O3S. The third kappa shape index (κ3) is 3.68. The molecule has 7 heteroatoms. The summed E-state index contributed by atoms with van der Waals surface area (Å²) in [5.41, 5.74) is 3.98. The number of thioether (sulfide) groups is 1. The lowest BCUT2D eigenvalue weighted by molar-refractivity contribution is -0.141. The van der Waals surface area contributed by atoms with Crippen LogP contribution in [0.5, 0.6) is 0 Å². The molecule has 1 N–H and O–H groups in total. The Hall–Kier alpha value is -1.57. The zero-order valence-corrected chi connectivity index (χ0v) is 13.9. The first-order valence-electron chi connectivity index (χ1n) is 7.75. The highest BCUT2D eigenvalue weighted by Crippen LogP contribution is 2.41. The van der Waals surface area contributed by atoms with Crippen LogP contribution in [0.1, 0.15) is 17.9 Å². The first-order chi connectivity index (χ1) is 11.2. The van der Waals surface area contributed by atoms with E-state index in [2.05, 4.69) is 5.43 Å². The van der Waals surface area contributed by atoms with Crippen LogP contribution in [-0.2, 0) is 14.3 Å². The number of nitrogens with zero attached hydrogens (tertiary/aromatic N) is 2. The van der Waals surface area contributed by atoms with Crippen LogP contribution in [0.25, 0.3) is 0 Å². The van der Waals surface area contributed by atoms with Crippen LogP contribution in [0.15, 0.2) is 30.3 Å². The van der Waals surface area contributed by atoms with Crippen molar-refractivity contribution in [1.29, 1.82) is 0 Å². The van der Waals surface area contributed by atoms with E-state index in [0.717, 1.165) is 5.56 Å². The number of benzene rings is 1. The number of carbonyl (C=O) groups is 2. The van der Waals surface area contributed by atoms with Gasteiger partial charge >= 0.3 is 0 Å². The summed E-state index contributed by atoms with van der Waals surface area (Å²) >= 11 is 1.63. The van der Waals surface area contributed by atoms with Gasteiger partial charge in [0.05, 0.1) is 13.2 Å². The van der Waals surface area contributed by atoms with Gasteiger partial charge in [-0.05, 0) is 5.56 Å². The Balaban J connectivity index is 1.71. The molecule has 0 aliphatic carbocycles.